The lowest BCUT2D eigenvalue weighted by molar-refractivity contribution is -0.560. The van der Waals surface area contributed by atoms with Crippen LogP contribution in [0, 0.1) is 0 Å². The monoisotopic (exact) mass is 351 g/mol. The fourth-order valence-corrected chi connectivity index (χ4v) is 2.73. The van der Waals surface area contributed by atoms with Crippen molar-refractivity contribution in [1.29, 1.82) is 0 Å². The molecule has 9 heteroatoms. The summed E-state index contributed by atoms with van der Waals surface area (Å²) < 4.78 is 27.4. The number of aliphatic imine (C=N–C) groups is 1. The molecular weight excluding hydrogens is 328 g/mol. The van der Waals surface area contributed by atoms with E-state index in [0.29, 0.717) is 22.9 Å². The second-order valence-corrected chi connectivity index (χ2v) is 7.78. The Hall–Kier alpha value is -2.42. The first-order valence-corrected chi connectivity index (χ1v) is 9.31. The molecule has 0 unspecified atom stereocenters. The molecule has 8 nitrogen and oxygen atoms in total. The van der Waals surface area contributed by atoms with E-state index in [0.717, 1.165) is 11.9 Å². The van der Waals surface area contributed by atoms with Crippen LogP contribution in [0.3, 0.4) is 0 Å². The summed E-state index contributed by atoms with van der Waals surface area (Å²) >= 11 is 0. The number of nitrogens with one attached hydrogen (secondary N) is 1. The number of anilines is 2. The fourth-order valence-electron chi connectivity index (χ4n) is 2.17. The van der Waals surface area contributed by atoms with E-state index in [4.69, 9.17) is 5.73 Å². The second-order valence-electron chi connectivity index (χ2n) is 6.04. The first kappa shape index (κ1) is 17.9. The summed E-state index contributed by atoms with van der Waals surface area (Å²) in [5, 5.41) is 4.21. The van der Waals surface area contributed by atoms with Crippen LogP contribution < -0.4 is 15.4 Å². The molecule has 0 amide bonds. The topological polar surface area (TPSA) is 103 Å². The molecule has 1 aliphatic heterocycles. The van der Waals surface area contributed by atoms with Gasteiger partial charge in [-0.25, -0.2) is 13.4 Å². The highest BCUT2D eigenvalue weighted by molar-refractivity contribution is 7.92. The Labute approximate surface area is 142 Å². The molecule has 24 heavy (non-hydrogen) atoms. The Bertz CT molecular complexity index is 838. The maximum Gasteiger partial charge on any atom is 0.321 e. The van der Waals surface area contributed by atoms with Gasteiger partial charge in [0.25, 0.3) is 0 Å². The lowest BCUT2D eigenvalue weighted by atomic mass is 10.2. The first-order valence-electron chi connectivity index (χ1n) is 7.42. The van der Waals surface area contributed by atoms with Crippen molar-refractivity contribution < 1.29 is 13.1 Å². The van der Waals surface area contributed by atoms with Crippen molar-refractivity contribution in [2.75, 3.05) is 30.0 Å². The Morgan fingerprint density at radius 2 is 2.00 bits per heavy atom. The standard InChI is InChI=1S/C15H22N6O2S/c1-10(2)21-15(16)14(9-17-21)18-12-7-6-11(20(3)4)8-13(12)19-24(5,22)23/h6-10H,1-5H3,(H2,16,17,19)/p+1. The van der Waals surface area contributed by atoms with Crippen molar-refractivity contribution in [2.45, 2.75) is 19.9 Å². The van der Waals surface area contributed by atoms with Crippen LogP contribution in [0.25, 0.3) is 0 Å². The number of rotatable bonds is 5. The van der Waals surface area contributed by atoms with Gasteiger partial charge in [-0.3, -0.25) is 10.5 Å². The molecule has 0 fully saturated rings. The molecular formula is C15H23N6O2S+. The molecule has 0 saturated carbocycles. The maximum atomic E-state index is 11.6. The molecule has 0 atom stereocenters. The molecule has 3 N–H and O–H groups in total. The van der Waals surface area contributed by atoms with E-state index in [1.54, 1.807) is 23.0 Å². The van der Waals surface area contributed by atoms with E-state index in [2.05, 4.69) is 14.8 Å². The zero-order valence-corrected chi connectivity index (χ0v) is 15.3. The zero-order valence-electron chi connectivity index (χ0n) is 14.5. The summed E-state index contributed by atoms with van der Waals surface area (Å²) in [6.45, 7) is 3.94. The second kappa shape index (κ2) is 6.60. The van der Waals surface area contributed by atoms with Gasteiger partial charge in [0.2, 0.25) is 10.0 Å². The van der Waals surface area contributed by atoms with Gasteiger partial charge in [0.05, 0.1) is 17.6 Å². The van der Waals surface area contributed by atoms with Crippen molar-refractivity contribution in [2.24, 2.45) is 15.8 Å². The third kappa shape index (κ3) is 4.10. The summed E-state index contributed by atoms with van der Waals surface area (Å²) in [4.78, 5) is 6.35. The molecule has 1 aliphatic rings. The summed E-state index contributed by atoms with van der Waals surface area (Å²) in [7, 11) is 0.319. The minimum atomic E-state index is -3.43. The number of nitrogens with zero attached hydrogens (tertiary/aromatic N) is 4. The first-order chi connectivity index (χ1) is 11.1. The van der Waals surface area contributed by atoms with Gasteiger partial charge >= 0.3 is 5.84 Å². The molecule has 130 valence electrons. The molecule has 0 aliphatic carbocycles. The Kier molecular flexibility index (Phi) is 4.93. The van der Waals surface area contributed by atoms with Gasteiger partial charge in [-0.15, -0.1) is 4.68 Å². The van der Waals surface area contributed by atoms with Gasteiger partial charge in [-0.05, 0) is 32.0 Å². The zero-order chi connectivity index (χ0) is 18.1. The third-order valence-electron chi connectivity index (χ3n) is 3.34. The van der Waals surface area contributed by atoms with Crippen molar-refractivity contribution in [3.63, 3.8) is 0 Å². The van der Waals surface area contributed by atoms with Gasteiger partial charge in [-0.2, -0.15) is 0 Å². The smallest absolute Gasteiger partial charge is 0.321 e. The van der Waals surface area contributed by atoms with Gasteiger partial charge in [0.1, 0.15) is 12.3 Å². The molecule has 1 heterocycles. The van der Waals surface area contributed by atoms with Crippen LogP contribution in [0.1, 0.15) is 13.8 Å². The molecule has 0 bridgehead atoms. The SMILES string of the molecule is CC(C)[N+]1=C(N)C(=Nc2ccc(N(C)C)cc2NS(C)(=O)=O)C=N1. The van der Waals surface area contributed by atoms with Crippen LogP contribution in [0.15, 0.2) is 28.3 Å². The Morgan fingerprint density at radius 3 is 2.50 bits per heavy atom. The highest BCUT2D eigenvalue weighted by Crippen LogP contribution is 2.30. The number of hydrogen-bond donors (Lipinski definition) is 2. The molecule has 1 aromatic carbocycles. The van der Waals surface area contributed by atoms with Crippen LogP contribution >= 0.6 is 0 Å². The summed E-state index contributed by atoms with van der Waals surface area (Å²) in [6, 6.07) is 5.44. The largest absolute Gasteiger partial charge is 0.378 e. The number of nitrogens with two attached hydrogens (primary N) is 1. The lowest BCUT2D eigenvalue weighted by Crippen LogP contribution is -2.31. The predicted octanol–water partition coefficient (Wildman–Crippen LogP) is 0.974. The van der Waals surface area contributed by atoms with Crippen molar-refractivity contribution in [1.82, 2.24) is 0 Å². The minimum Gasteiger partial charge on any atom is -0.378 e. The van der Waals surface area contributed by atoms with Crippen LogP contribution in [-0.2, 0) is 10.0 Å². The van der Waals surface area contributed by atoms with E-state index in [9.17, 15) is 8.42 Å². The summed E-state index contributed by atoms with van der Waals surface area (Å²) in [5.74, 6) is 0.437. The highest BCUT2D eigenvalue weighted by atomic mass is 32.2. The minimum absolute atomic E-state index is 0.110. The normalized spacial score (nSPS) is 16.3. The molecule has 0 saturated heterocycles. The van der Waals surface area contributed by atoms with Crippen molar-refractivity contribution in [3.8, 4) is 0 Å². The maximum absolute atomic E-state index is 11.6. The van der Waals surface area contributed by atoms with E-state index >= 15 is 0 Å². The average Bonchev–Trinajstić information content (AvgIpc) is 2.80. The van der Waals surface area contributed by atoms with Crippen LogP contribution in [0.5, 0.6) is 0 Å². The number of hydrazone groups is 1. The number of benzene rings is 1. The summed E-state index contributed by atoms with van der Waals surface area (Å²) in [5.41, 5.74) is 8.28. The summed E-state index contributed by atoms with van der Waals surface area (Å²) in [6.07, 6.45) is 2.67. The van der Waals surface area contributed by atoms with Gasteiger partial charge < -0.3 is 4.90 Å². The van der Waals surface area contributed by atoms with E-state index < -0.39 is 10.0 Å². The average molecular weight is 351 g/mol. The molecule has 2 rings (SSSR count). The molecule has 0 aromatic heterocycles. The van der Waals surface area contributed by atoms with Crippen molar-refractivity contribution >= 4 is 44.8 Å². The van der Waals surface area contributed by atoms with Gasteiger partial charge in [0.15, 0.2) is 5.71 Å². The molecule has 1 aromatic rings. The van der Waals surface area contributed by atoms with Crippen LogP contribution in [0.2, 0.25) is 0 Å². The lowest BCUT2D eigenvalue weighted by Gasteiger charge is -2.15. The Balaban J connectivity index is 2.51. The predicted molar refractivity (Wildman–Crippen MR) is 99.4 cm³/mol. The molecule has 0 spiro atoms. The fraction of sp³-hybridized carbons (Fsp3) is 0.400. The van der Waals surface area contributed by atoms with Crippen LogP contribution in [0.4, 0.5) is 17.1 Å². The third-order valence-corrected chi connectivity index (χ3v) is 3.93. The van der Waals surface area contributed by atoms with Gasteiger partial charge in [-0.1, -0.05) is 5.10 Å². The number of sulfonamides is 1. The molecule has 0 radical (unpaired) electrons. The van der Waals surface area contributed by atoms with E-state index in [-0.39, 0.29) is 6.04 Å². The van der Waals surface area contributed by atoms with E-state index in [1.807, 2.05) is 38.9 Å². The van der Waals surface area contributed by atoms with Crippen LogP contribution in [-0.4, -0.2) is 57.3 Å². The van der Waals surface area contributed by atoms with Crippen molar-refractivity contribution in [3.05, 3.63) is 18.2 Å². The van der Waals surface area contributed by atoms with Gasteiger partial charge in [0, 0.05) is 19.8 Å². The number of hydrogen-bond acceptors (Lipinski definition) is 6. The Morgan fingerprint density at radius 1 is 1.33 bits per heavy atom. The number of amidine groups is 1. The van der Waals surface area contributed by atoms with E-state index in [1.165, 1.54) is 0 Å². The quantitative estimate of drug-likeness (QED) is 0.772. The highest BCUT2D eigenvalue weighted by Gasteiger charge is 2.24.